The van der Waals surface area contributed by atoms with E-state index in [0.717, 1.165) is 28.1 Å². The molecule has 0 spiro atoms. The number of hydrogen-bond acceptors (Lipinski definition) is 1. The van der Waals surface area contributed by atoms with Crippen molar-refractivity contribution >= 4 is 11.6 Å². The zero-order chi connectivity index (χ0) is 19.8. The lowest BCUT2D eigenvalue weighted by Crippen LogP contribution is -1.88. The van der Waals surface area contributed by atoms with Gasteiger partial charge in [-0.1, -0.05) is 92.0 Å². The highest BCUT2D eigenvalue weighted by Crippen LogP contribution is 2.29. The average Bonchev–Trinajstić information content (AvgIpc) is 2.74. The summed E-state index contributed by atoms with van der Waals surface area (Å²) in [6, 6.07) is 25.8. The Labute approximate surface area is 173 Å². The monoisotopic (exact) mass is 387 g/mol. The summed E-state index contributed by atoms with van der Waals surface area (Å²) < 4.78 is 0. The molecule has 0 aromatic heterocycles. The molecule has 0 heterocycles. The Kier molecular flexibility index (Phi) is 7.29. The van der Waals surface area contributed by atoms with Gasteiger partial charge in [0.25, 0.3) is 0 Å². The third kappa shape index (κ3) is 5.24. The van der Waals surface area contributed by atoms with E-state index in [1.807, 2.05) is 12.1 Å². The van der Waals surface area contributed by atoms with Gasteiger partial charge in [0.15, 0.2) is 0 Å². The molecule has 0 fully saturated rings. The van der Waals surface area contributed by atoms with Gasteiger partial charge in [0.05, 0.1) is 6.07 Å². The first kappa shape index (κ1) is 20.2. The SMILES string of the molecule is CCCCCc1ccc(-c2ccc(-c3ccc(CCC#N)c(Cl)c3)cc2)cc1. The van der Waals surface area contributed by atoms with E-state index in [2.05, 4.69) is 67.6 Å². The van der Waals surface area contributed by atoms with E-state index in [1.165, 1.54) is 36.0 Å². The molecule has 1 nitrogen and oxygen atoms in total. The number of aryl methyl sites for hydroxylation is 2. The Morgan fingerprint density at radius 1 is 0.750 bits per heavy atom. The summed E-state index contributed by atoms with van der Waals surface area (Å²) in [5.74, 6) is 0. The molecule has 28 heavy (non-hydrogen) atoms. The fourth-order valence-electron chi connectivity index (χ4n) is 3.42. The Hall–Kier alpha value is -2.56. The van der Waals surface area contributed by atoms with E-state index in [9.17, 15) is 0 Å². The highest BCUT2D eigenvalue weighted by Gasteiger charge is 2.05. The number of hydrogen-bond donors (Lipinski definition) is 0. The average molecular weight is 388 g/mol. The highest BCUT2D eigenvalue weighted by atomic mass is 35.5. The van der Waals surface area contributed by atoms with Crippen molar-refractivity contribution < 1.29 is 0 Å². The first-order valence-electron chi connectivity index (χ1n) is 10.1. The van der Waals surface area contributed by atoms with E-state index >= 15 is 0 Å². The van der Waals surface area contributed by atoms with Crippen LogP contribution in [0.1, 0.15) is 43.7 Å². The van der Waals surface area contributed by atoms with Crippen molar-refractivity contribution in [3.05, 3.63) is 82.9 Å². The molecule has 0 bridgehead atoms. The van der Waals surface area contributed by atoms with Crippen LogP contribution in [0.3, 0.4) is 0 Å². The minimum absolute atomic E-state index is 0.491. The third-order valence-corrected chi connectivity index (χ3v) is 5.49. The first-order chi connectivity index (χ1) is 13.7. The van der Waals surface area contributed by atoms with Crippen LogP contribution < -0.4 is 0 Å². The van der Waals surface area contributed by atoms with Crippen LogP contribution in [0.15, 0.2) is 66.7 Å². The van der Waals surface area contributed by atoms with Crippen LogP contribution in [0.2, 0.25) is 5.02 Å². The molecule has 0 aliphatic rings. The first-order valence-corrected chi connectivity index (χ1v) is 10.4. The number of halogens is 1. The summed E-state index contributed by atoms with van der Waals surface area (Å²) in [7, 11) is 0. The van der Waals surface area contributed by atoms with Gasteiger partial charge in [-0.15, -0.1) is 0 Å². The van der Waals surface area contributed by atoms with Gasteiger partial charge in [-0.2, -0.15) is 5.26 Å². The lowest BCUT2D eigenvalue weighted by atomic mass is 9.98. The second kappa shape index (κ2) is 10.1. The lowest BCUT2D eigenvalue weighted by molar-refractivity contribution is 0.717. The van der Waals surface area contributed by atoms with E-state index in [4.69, 9.17) is 16.9 Å². The molecule has 0 saturated heterocycles. The molecule has 3 aromatic carbocycles. The predicted octanol–water partition coefficient (Wildman–Crippen LogP) is 7.86. The van der Waals surface area contributed by atoms with Gasteiger partial charge < -0.3 is 0 Å². The van der Waals surface area contributed by atoms with Crippen molar-refractivity contribution in [2.75, 3.05) is 0 Å². The Balaban J connectivity index is 1.71. The zero-order valence-electron chi connectivity index (χ0n) is 16.4. The maximum Gasteiger partial charge on any atom is 0.0625 e. The number of nitriles is 1. The van der Waals surface area contributed by atoms with Gasteiger partial charge in [-0.3, -0.25) is 0 Å². The fourth-order valence-corrected chi connectivity index (χ4v) is 3.69. The molecule has 0 aliphatic carbocycles. The van der Waals surface area contributed by atoms with E-state index in [-0.39, 0.29) is 0 Å². The topological polar surface area (TPSA) is 23.8 Å². The van der Waals surface area contributed by atoms with E-state index < -0.39 is 0 Å². The number of benzene rings is 3. The Morgan fingerprint density at radius 2 is 1.32 bits per heavy atom. The second-order valence-electron chi connectivity index (χ2n) is 7.20. The smallest absolute Gasteiger partial charge is 0.0625 e. The Bertz CT molecular complexity index is 934. The molecule has 0 atom stereocenters. The molecule has 3 rings (SSSR count). The van der Waals surface area contributed by atoms with Crippen LogP contribution >= 0.6 is 11.6 Å². The minimum atomic E-state index is 0.491. The van der Waals surface area contributed by atoms with Crippen molar-refractivity contribution in [3.63, 3.8) is 0 Å². The van der Waals surface area contributed by atoms with E-state index in [1.54, 1.807) is 0 Å². The van der Waals surface area contributed by atoms with Crippen molar-refractivity contribution in [3.8, 4) is 28.3 Å². The Morgan fingerprint density at radius 3 is 1.89 bits per heavy atom. The van der Waals surface area contributed by atoms with E-state index in [0.29, 0.717) is 12.8 Å². The van der Waals surface area contributed by atoms with Crippen LogP contribution in [0.4, 0.5) is 0 Å². The quantitative estimate of drug-likeness (QED) is 0.361. The molecule has 0 aliphatic heterocycles. The summed E-state index contributed by atoms with van der Waals surface area (Å²) in [5, 5.41) is 9.47. The maximum absolute atomic E-state index is 8.74. The minimum Gasteiger partial charge on any atom is -0.198 e. The van der Waals surface area contributed by atoms with Crippen LogP contribution in [0, 0.1) is 11.3 Å². The molecule has 0 amide bonds. The van der Waals surface area contributed by atoms with Gasteiger partial charge >= 0.3 is 0 Å². The molecule has 3 aromatic rings. The van der Waals surface area contributed by atoms with Gasteiger partial charge in [0.2, 0.25) is 0 Å². The summed E-state index contributed by atoms with van der Waals surface area (Å²) in [6.45, 7) is 2.24. The molecular formula is C26H26ClN. The largest absolute Gasteiger partial charge is 0.198 e. The van der Waals surface area contributed by atoms with Crippen molar-refractivity contribution in [2.45, 2.75) is 45.4 Å². The summed E-state index contributed by atoms with van der Waals surface area (Å²) >= 11 is 6.39. The second-order valence-corrected chi connectivity index (χ2v) is 7.60. The zero-order valence-corrected chi connectivity index (χ0v) is 17.2. The van der Waals surface area contributed by atoms with Gasteiger partial charge in [-0.25, -0.2) is 0 Å². The number of nitrogens with zero attached hydrogens (tertiary/aromatic N) is 1. The van der Waals surface area contributed by atoms with Gasteiger partial charge in [0.1, 0.15) is 0 Å². The van der Waals surface area contributed by atoms with Crippen LogP contribution in [-0.4, -0.2) is 0 Å². The summed E-state index contributed by atoms with van der Waals surface area (Å²) in [5.41, 5.74) is 7.16. The van der Waals surface area contributed by atoms with Crippen molar-refractivity contribution in [1.29, 1.82) is 5.26 Å². The lowest BCUT2D eigenvalue weighted by Gasteiger charge is -2.08. The molecule has 142 valence electrons. The van der Waals surface area contributed by atoms with Crippen LogP contribution in [0.25, 0.3) is 22.3 Å². The standard InChI is InChI=1S/C26H26ClN/c1-2-3-4-6-20-8-10-21(11-9-20)22-12-14-23(15-13-22)25-17-16-24(7-5-18-28)26(27)19-25/h8-17,19H,2-7H2,1H3. The molecular weight excluding hydrogens is 362 g/mol. The number of unbranched alkanes of at least 4 members (excludes halogenated alkanes) is 2. The van der Waals surface area contributed by atoms with Crippen LogP contribution in [0.5, 0.6) is 0 Å². The van der Waals surface area contributed by atoms with Crippen molar-refractivity contribution in [2.24, 2.45) is 0 Å². The predicted molar refractivity (Wildman–Crippen MR) is 119 cm³/mol. The fraction of sp³-hybridized carbons (Fsp3) is 0.269. The van der Waals surface area contributed by atoms with Gasteiger partial charge in [-0.05, 0) is 58.7 Å². The van der Waals surface area contributed by atoms with Crippen LogP contribution in [-0.2, 0) is 12.8 Å². The normalized spacial score (nSPS) is 10.6. The number of rotatable bonds is 8. The molecule has 0 radical (unpaired) electrons. The molecule has 0 saturated carbocycles. The van der Waals surface area contributed by atoms with Gasteiger partial charge in [0, 0.05) is 11.4 Å². The molecule has 0 N–H and O–H groups in total. The highest BCUT2D eigenvalue weighted by molar-refractivity contribution is 6.31. The molecule has 0 unspecified atom stereocenters. The maximum atomic E-state index is 8.74. The third-order valence-electron chi connectivity index (χ3n) is 5.13. The molecule has 2 heteroatoms. The van der Waals surface area contributed by atoms with Crippen molar-refractivity contribution in [1.82, 2.24) is 0 Å². The summed E-state index contributed by atoms with van der Waals surface area (Å²) in [4.78, 5) is 0. The summed E-state index contributed by atoms with van der Waals surface area (Å²) in [6.07, 6.45) is 6.18.